The molecule has 108 valence electrons. The van der Waals surface area contributed by atoms with E-state index >= 15 is 0 Å². The molecule has 0 saturated heterocycles. The van der Waals surface area contributed by atoms with Gasteiger partial charge in [-0.3, -0.25) is 4.57 Å². The summed E-state index contributed by atoms with van der Waals surface area (Å²) >= 11 is 7.28. The SMILES string of the molecule is COc1ccc(-n2cnnc2)cc1NCc1cnc(Cl)s1. The molecule has 21 heavy (non-hydrogen) atoms. The summed E-state index contributed by atoms with van der Waals surface area (Å²) in [6.07, 6.45) is 5.05. The number of hydrogen-bond donors (Lipinski definition) is 1. The molecule has 0 spiro atoms. The summed E-state index contributed by atoms with van der Waals surface area (Å²) in [6, 6.07) is 5.82. The molecule has 2 aromatic heterocycles. The van der Waals surface area contributed by atoms with Gasteiger partial charge in [0.1, 0.15) is 18.4 Å². The molecular weight excluding hydrogens is 310 g/mol. The fourth-order valence-corrected chi connectivity index (χ4v) is 2.79. The Labute approximate surface area is 130 Å². The average molecular weight is 322 g/mol. The average Bonchev–Trinajstić information content (AvgIpc) is 3.16. The van der Waals surface area contributed by atoms with Gasteiger partial charge in [0.2, 0.25) is 0 Å². The highest BCUT2D eigenvalue weighted by Gasteiger charge is 2.07. The van der Waals surface area contributed by atoms with E-state index in [1.165, 1.54) is 11.3 Å². The van der Waals surface area contributed by atoms with Crippen LogP contribution in [-0.4, -0.2) is 26.9 Å². The van der Waals surface area contributed by atoms with Crippen molar-refractivity contribution < 1.29 is 4.74 Å². The van der Waals surface area contributed by atoms with Crippen molar-refractivity contribution in [2.45, 2.75) is 6.54 Å². The van der Waals surface area contributed by atoms with E-state index in [1.807, 2.05) is 22.8 Å². The van der Waals surface area contributed by atoms with Crippen LogP contribution in [-0.2, 0) is 6.54 Å². The van der Waals surface area contributed by atoms with Crippen LogP contribution in [0.3, 0.4) is 0 Å². The number of anilines is 1. The molecular formula is C13H12ClN5OS. The third-order valence-corrected chi connectivity index (χ3v) is 3.99. The lowest BCUT2D eigenvalue weighted by atomic mass is 10.2. The van der Waals surface area contributed by atoms with Crippen LogP contribution in [0.15, 0.2) is 37.1 Å². The summed E-state index contributed by atoms with van der Waals surface area (Å²) < 4.78 is 7.74. The monoisotopic (exact) mass is 321 g/mol. The Balaban J connectivity index is 1.83. The van der Waals surface area contributed by atoms with E-state index in [0.29, 0.717) is 11.0 Å². The molecule has 0 bridgehead atoms. The Bertz CT molecular complexity index is 728. The highest BCUT2D eigenvalue weighted by molar-refractivity contribution is 7.15. The molecule has 0 atom stereocenters. The fourth-order valence-electron chi connectivity index (χ4n) is 1.88. The molecule has 1 aromatic carbocycles. The summed E-state index contributed by atoms with van der Waals surface area (Å²) in [6.45, 7) is 0.631. The molecule has 3 aromatic rings. The summed E-state index contributed by atoms with van der Waals surface area (Å²) in [4.78, 5) is 5.07. The zero-order valence-electron chi connectivity index (χ0n) is 11.2. The first-order valence-electron chi connectivity index (χ1n) is 6.13. The van der Waals surface area contributed by atoms with Crippen molar-refractivity contribution >= 4 is 28.6 Å². The number of methoxy groups -OCH3 is 1. The summed E-state index contributed by atoms with van der Waals surface area (Å²) in [7, 11) is 1.64. The molecule has 1 N–H and O–H groups in total. The number of rotatable bonds is 5. The minimum absolute atomic E-state index is 0.539. The second kappa shape index (κ2) is 6.11. The van der Waals surface area contributed by atoms with E-state index in [-0.39, 0.29) is 0 Å². The maximum atomic E-state index is 5.83. The van der Waals surface area contributed by atoms with E-state index in [9.17, 15) is 0 Å². The molecule has 0 radical (unpaired) electrons. The van der Waals surface area contributed by atoms with Gasteiger partial charge in [-0.05, 0) is 18.2 Å². The van der Waals surface area contributed by atoms with Gasteiger partial charge in [0.05, 0.1) is 25.0 Å². The second-order valence-electron chi connectivity index (χ2n) is 4.19. The first-order chi connectivity index (χ1) is 10.3. The second-order valence-corrected chi connectivity index (χ2v) is 5.88. The van der Waals surface area contributed by atoms with Crippen LogP contribution in [0.1, 0.15) is 4.88 Å². The number of ether oxygens (including phenoxy) is 1. The summed E-state index contributed by atoms with van der Waals surface area (Å²) in [5.74, 6) is 0.766. The predicted molar refractivity (Wildman–Crippen MR) is 82.4 cm³/mol. The Morgan fingerprint density at radius 2 is 2.14 bits per heavy atom. The minimum Gasteiger partial charge on any atom is -0.495 e. The first-order valence-corrected chi connectivity index (χ1v) is 7.33. The molecule has 3 rings (SSSR count). The van der Waals surface area contributed by atoms with Gasteiger partial charge in [-0.15, -0.1) is 21.5 Å². The topological polar surface area (TPSA) is 64.9 Å². The van der Waals surface area contributed by atoms with Crippen molar-refractivity contribution in [3.05, 3.63) is 46.4 Å². The van der Waals surface area contributed by atoms with Crippen molar-refractivity contribution in [2.24, 2.45) is 0 Å². The Morgan fingerprint density at radius 3 is 2.81 bits per heavy atom. The van der Waals surface area contributed by atoms with Gasteiger partial charge >= 0.3 is 0 Å². The Hall–Kier alpha value is -2.12. The predicted octanol–water partition coefficient (Wildman–Crippen LogP) is 3.00. The number of nitrogens with zero attached hydrogens (tertiary/aromatic N) is 4. The van der Waals surface area contributed by atoms with Gasteiger partial charge in [0.15, 0.2) is 4.47 Å². The van der Waals surface area contributed by atoms with Crippen LogP contribution in [0.2, 0.25) is 4.47 Å². The van der Waals surface area contributed by atoms with Gasteiger partial charge < -0.3 is 10.1 Å². The van der Waals surface area contributed by atoms with Gasteiger partial charge in [0.25, 0.3) is 0 Å². The zero-order valence-corrected chi connectivity index (χ0v) is 12.7. The third-order valence-electron chi connectivity index (χ3n) is 2.88. The van der Waals surface area contributed by atoms with Gasteiger partial charge in [0, 0.05) is 11.1 Å². The van der Waals surface area contributed by atoms with Crippen LogP contribution in [0.4, 0.5) is 5.69 Å². The van der Waals surface area contributed by atoms with Crippen LogP contribution in [0.5, 0.6) is 5.75 Å². The largest absolute Gasteiger partial charge is 0.495 e. The molecule has 0 unspecified atom stereocenters. The van der Waals surface area contributed by atoms with Crippen molar-refractivity contribution in [1.82, 2.24) is 19.7 Å². The maximum absolute atomic E-state index is 5.83. The Kier molecular flexibility index (Phi) is 4.03. The molecule has 0 amide bonds. The first kappa shape index (κ1) is 13.8. The van der Waals surface area contributed by atoms with E-state index < -0.39 is 0 Å². The number of halogens is 1. The number of aromatic nitrogens is 4. The highest BCUT2D eigenvalue weighted by atomic mass is 35.5. The van der Waals surface area contributed by atoms with Gasteiger partial charge in [-0.25, -0.2) is 4.98 Å². The normalized spacial score (nSPS) is 10.6. The molecule has 8 heteroatoms. The van der Waals surface area contributed by atoms with Crippen molar-refractivity contribution in [2.75, 3.05) is 12.4 Å². The minimum atomic E-state index is 0.539. The lowest BCUT2D eigenvalue weighted by molar-refractivity contribution is 0.416. The van der Waals surface area contributed by atoms with E-state index in [1.54, 1.807) is 26.0 Å². The fraction of sp³-hybridized carbons (Fsp3) is 0.154. The summed E-state index contributed by atoms with van der Waals surface area (Å²) in [5, 5.41) is 10.9. The maximum Gasteiger partial charge on any atom is 0.183 e. The van der Waals surface area contributed by atoms with Crippen LogP contribution in [0.25, 0.3) is 5.69 Å². The molecule has 2 heterocycles. The third kappa shape index (κ3) is 3.14. The number of benzene rings is 1. The highest BCUT2D eigenvalue weighted by Crippen LogP contribution is 2.28. The molecule has 0 fully saturated rings. The van der Waals surface area contributed by atoms with Crippen molar-refractivity contribution in [3.8, 4) is 11.4 Å². The van der Waals surface area contributed by atoms with Crippen LogP contribution >= 0.6 is 22.9 Å². The zero-order chi connectivity index (χ0) is 14.7. The van der Waals surface area contributed by atoms with E-state index in [4.69, 9.17) is 16.3 Å². The Morgan fingerprint density at radius 1 is 1.33 bits per heavy atom. The lowest BCUT2D eigenvalue weighted by Gasteiger charge is -2.12. The number of thiazole rings is 1. The molecule has 0 aliphatic rings. The van der Waals surface area contributed by atoms with Crippen LogP contribution in [0, 0.1) is 0 Å². The van der Waals surface area contributed by atoms with Gasteiger partial charge in [-0.2, -0.15) is 0 Å². The lowest BCUT2D eigenvalue weighted by Crippen LogP contribution is -2.01. The summed E-state index contributed by atoms with van der Waals surface area (Å²) in [5.41, 5.74) is 1.83. The molecule has 0 aliphatic carbocycles. The van der Waals surface area contributed by atoms with E-state index in [2.05, 4.69) is 20.5 Å². The number of nitrogens with one attached hydrogen (secondary N) is 1. The quantitative estimate of drug-likeness (QED) is 0.782. The van der Waals surface area contributed by atoms with Crippen LogP contribution < -0.4 is 10.1 Å². The van der Waals surface area contributed by atoms with Crippen molar-refractivity contribution in [1.29, 1.82) is 0 Å². The molecule has 0 saturated carbocycles. The number of hydrogen-bond acceptors (Lipinski definition) is 6. The van der Waals surface area contributed by atoms with E-state index in [0.717, 1.165) is 22.0 Å². The van der Waals surface area contributed by atoms with Crippen molar-refractivity contribution in [3.63, 3.8) is 0 Å². The molecule has 0 aliphatic heterocycles. The van der Waals surface area contributed by atoms with Gasteiger partial charge in [-0.1, -0.05) is 11.6 Å². The molecule has 6 nitrogen and oxygen atoms in total. The smallest absolute Gasteiger partial charge is 0.183 e. The standard InChI is InChI=1S/C13H12ClN5OS/c1-20-12-3-2-9(19-7-17-18-8-19)4-11(12)15-5-10-6-16-13(14)21-10/h2-4,6-8,15H,5H2,1H3.